The Hall–Kier alpha value is -9.60. The molecule has 2 spiro atoms. The number of para-hydroxylation sites is 8. The molecule has 16 aromatic rings. The van der Waals surface area contributed by atoms with Crippen molar-refractivity contribution in [2.45, 2.75) is 10.8 Å². The van der Waals surface area contributed by atoms with Gasteiger partial charge in [0.2, 0.25) is 0 Å². The average Bonchev–Trinajstić information content (AvgIpc) is 2.08. The van der Waals surface area contributed by atoms with Gasteiger partial charge in [-0.1, -0.05) is 146 Å². The first-order chi connectivity index (χ1) is 38.6. The first-order valence-corrected chi connectivity index (χ1v) is 28.0. The van der Waals surface area contributed by atoms with E-state index in [0.717, 1.165) is 121 Å². The van der Waals surface area contributed by atoms with E-state index in [0.29, 0.717) is 0 Å². The van der Waals surface area contributed by atoms with Crippen molar-refractivity contribution in [2.24, 2.45) is 0 Å². The van der Waals surface area contributed by atoms with E-state index in [2.05, 4.69) is 228 Å². The Bertz CT molecular complexity index is 4860. The van der Waals surface area contributed by atoms with Crippen LogP contribution in [0.25, 0.3) is 97.5 Å². The smallest absolute Gasteiger partial charge is 0.137 e. The van der Waals surface area contributed by atoms with Gasteiger partial charge in [0.15, 0.2) is 0 Å². The van der Waals surface area contributed by atoms with E-state index in [4.69, 9.17) is 18.3 Å². The van der Waals surface area contributed by atoms with Crippen molar-refractivity contribution in [2.75, 3.05) is 0 Å². The molecule has 78 heavy (non-hydrogen) atoms. The summed E-state index contributed by atoms with van der Waals surface area (Å²) in [7, 11) is 0. The molecule has 0 fully saturated rings. The Labute approximate surface area is 452 Å². The van der Waals surface area contributed by atoms with E-state index in [1.165, 1.54) is 42.4 Å². The lowest BCUT2D eigenvalue weighted by Crippen LogP contribution is -2.45. The topological polar surface area (TPSA) is 54.6 Å². The van der Waals surface area contributed by atoms with Crippen LogP contribution in [0.1, 0.15) is 43.1 Å². The molecule has 2 aliphatic heterocycles. The van der Waals surface area contributed by atoms with Gasteiger partial charge in [-0.25, -0.2) is 0 Å². The highest BCUT2D eigenvalue weighted by Gasteiger charge is 2.61. The van der Waals surface area contributed by atoms with Crippen LogP contribution in [0.3, 0.4) is 0 Å². The zero-order valence-electron chi connectivity index (χ0n) is 41.3. The Balaban J connectivity index is 0.996. The van der Waals surface area contributed by atoms with Crippen LogP contribution in [0, 0.1) is 0 Å². The maximum Gasteiger partial charge on any atom is 0.137 e. The highest BCUT2D eigenvalue weighted by molar-refractivity contribution is 7.16. The number of ether oxygens (including phenoxy) is 2. The van der Waals surface area contributed by atoms with Gasteiger partial charge in [-0.05, 0) is 83.9 Å². The van der Waals surface area contributed by atoms with Gasteiger partial charge < -0.3 is 27.4 Å². The van der Waals surface area contributed by atoms with Crippen molar-refractivity contribution < 1.29 is 18.3 Å². The molecule has 0 unspecified atom stereocenters. The van der Waals surface area contributed by atoms with Crippen molar-refractivity contribution in [3.63, 3.8) is 0 Å². The van der Waals surface area contributed by atoms with Gasteiger partial charge >= 0.3 is 0 Å². The predicted octanol–water partition coefficient (Wildman–Crippen LogP) is 19.1. The van der Waals surface area contributed by atoms with E-state index >= 15 is 0 Å². The SMILES string of the molecule is c1ccc2c(c1)Oc1ccccc1C21c2cc(-n3c4ccccc4c4cc5c(cc43)oc3ccccc35)sc2C2(c3ccccc3Oc3ccccc32)c2cc(-n3c4ccccc4c4cc5c(cc43)oc3ccccc35)sc21. The molecule has 0 radical (unpaired) electrons. The average molecular weight is 1040 g/mol. The molecule has 0 saturated carbocycles. The molecule has 0 atom stereocenters. The van der Waals surface area contributed by atoms with Crippen LogP contribution in [0.4, 0.5) is 0 Å². The van der Waals surface area contributed by atoms with Gasteiger partial charge in [0, 0.05) is 87.2 Å². The molecule has 3 aliphatic rings. The Morgan fingerprint density at radius 2 is 0.615 bits per heavy atom. The zero-order chi connectivity index (χ0) is 50.6. The number of benzene rings is 10. The number of nitrogens with zero attached hydrogens (tertiary/aromatic N) is 2. The van der Waals surface area contributed by atoms with E-state index < -0.39 is 10.8 Å². The van der Waals surface area contributed by atoms with Gasteiger partial charge in [-0.15, -0.1) is 22.7 Å². The fraction of sp³-hybridized carbons (Fsp3) is 0.0286. The summed E-state index contributed by atoms with van der Waals surface area (Å²) in [5, 5.41) is 11.4. The lowest BCUT2D eigenvalue weighted by molar-refractivity contribution is 0.418. The summed E-state index contributed by atoms with van der Waals surface area (Å²) in [6.45, 7) is 0. The van der Waals surface area contributed by atoms with Crippen LogP contribution in [0.5, 0.6) is 23.0 Å². The molecule has 8 heteroatoms. The van der Waals surface area contributed by atoms with Crippen molar-refractivity contribution in [3.05, 3.63) is 274 Å². The van der Waals surface area contributed by atoms with E-state index in [-0.39, 0.29) is 0 Å². The second-order valence-electron chi connectivity index (χ2n) is 21.0. The molecule has 364 valence electrons. The van der Waals surface area contributed by atoms with Crippen molar-refractivity contribution >= 4 is 110 Å². The van der Waals surface area contributed by atoms with Gasteiger partial charge in [-0.3, -0.25) is 0 Å². The van der Waals surface area contributed by atoms with Crippen LogP contribution in [0.15, 0.2) is 239 Å². The number of fused-ring (bicyclic) bond motifs is 26. The first kappa shape index (κ1) is 41.6. The first-order valence-electron chi connectivity index (χ1n) is 26.4. The fourth-order valence-corrected chi connectivity index (χ4v) is 17.2. The number of aromatic nitrogens is 2. The molecule has 6 aromatic heterocycles. The standard InChI is InChI=1S/C70H38N2O4S2/c1-9-25-53-39(17-1)43-33-45-41-19-3-11-27-57(41)73-63(45)37-55(43)71(53)65-35-51-67(77-65)70(49-23-7-15-31-61(49)76-62-32-16-8-24-50(62)70)52-36-66(78-68(52)69(51)47-21-5-13-29-59(47)75-60-30-14-6-22-48(60)69)72-54-26-10-2-18-40(54)44-34-46-42-20-4-12-28-58(42)74-64(46)38-56(44)72/h1-38H. The highest BCUT2D eigenvalue weighted by atomic mass is 32.1. The summed E-state index contributed by atoms with van der Waals surface area (Å²) in [5.74, 6) is 3.36. The summed E-state index contributed by atoms with van der Waals surface area (Å²) >= 11 is 3.77. The van der Waals surface area contributed by atoms with Crippen LogP contribution in [-0.4, -0.2) is 9.13 Å². The van der Waals surface area contributed by atoms with Gasteiger partial charge in [0.25, 0.3) is 0 Å². The molecule has 0 saturated heterocycles. The van der Waals surface area contributed by atoms with Crippen LogP contribution in [-0.2, 0) is 10.8 Å². The summed E-state index contributed by atoms with van der Waals surface area (Å²) in [4.78, 5) is 2.46. The second kappa shape index (κ2) is 14.7. The molecule has 0 N–H and O–H groups in total. The molecule has 10 aromatic carbocycles. The largest absolute Gasteiger partial charge is 0.457 e. The Kier molecular flexibility index (Phi) is 7.82. The quantitative estimate of drug-likeness (QED) is 0.173. The van der Waals surface area contributed by atoms with Crippen LogP contribution >= 0.6 is 22.7 Å². The van der Waals surface area contributed by atoms with Gasteiger partial charge in [-0.2, -0.15) is 0 Å². The fourth-order valence-electron chi connectivity index (χ4n) is 14.2. The molecule has 1 aliphatic carbocycles. The minimum atomic E-state index is -0.850. The summed E-state index contributed by atoms with van der Waals surface area (Å²) in [6, 6.07) is 83.6. The molecule has 6 nitrogen and oxygen atoms in total. The lowest BCUT2D eigenvalue weighted by Gasteiger charge is -2.50. The minimum absolute atomic E-state index is 0.841. The normalized spacial score (nSPS) is 14.6. The maximum absolute atomic E-state index is 7.06. The maximum atomic E-state index is 7.06. The van der Waals surface area contributed by atoms with Crippen molar-refractivity contribution in [1.82, 2.24) is 9.13 Å². The second-order valence-corrected chi connectivity index (χ2v) is 23.0. The lowest BCUT2D eigenvalue weighted by atomic mass is 9.54. The number of hydrogen-bond donors (Lipinski definition) is 0. The summed E-state index contributed by atoms with van der Waals surface area (Å²) < 4.78 is 32.5. The molecular weight excluding hydrogens is 997 g/mol. The summed E-state index contributed by atoms with van der Waals surface area (Å²) in [5.41, 5.74) is 13.1. The Morgan fingerprint density at radius 1 is 0.269 bits per heavy atom. The van der Waals surface area contributed by atoms with Crippen LogP contribution < -0.4 is 9.47 Å². The third-order valence-electron chi connectivity index (χ3n) is 17.3. The molecule has 0 bridgehead atoms. The molecule has 19 rings (SSSR count). The Morgan fingerprint density at radius 3 is 1.03 bits per heavy atom. The van der Waals surface area contributed by atoms with Crippen LogP contribution in [0.2, 0.25) is 0 Å². The predicted molar refractivity (Wildman–Crippen MR) is 316 cm³/mol. The third kappa shape index (κ3) is 5.00. The van der Waals surface area contributed by atoms with Crippen molar-refractivity contribution in [3.8, 4) is 33.0 Å². The third-order valence-corrected chi connectivity index (χ3v) is 19.8. The molecule has 0 amide bonds. The minimum Gasteiger partial charge on any atom is -0.457 e. The molecular formula is C70H38N2O4S2. The van der Waals surface area contributed by atoms with E-state index in [1.54, 1.807) is 0 Å². The van der Waals surface area contributed by atoms with E-state index in [1.807, 2.05) is 34.8 Å². The highest BCUT2D eigenvalue weighted by Crippen LogP contribution is 2.70. The monoisotopic (exact) mass is 1030 g/mol. The number of thiophene rings is 2. The number of rotatable bonds is 2. The van der Waals surface area contributed by atoms with Gasteiger partial charge in [0.05, 0.1) is 32.9 Å². The van der Waals surface area contributed by atoms with Gasteiger partial charge in [0.1, 0.15) is 55.3 Å². The summed E-state index contributed by atoms with van der Waals surface area (Å²) in [6.07, 6.45) is 0. The van der Waals surface area contributed by atoms with E-state index in [9.17, 15) is 0 Å². The number of hydrogen-bond acceptors (Lipinski definition) is 6. The number of furan rings is 2. The van der Waals surface area contributed by atoms with Crippen molar-refractivity contribution in [1.29, 1.82) is 0 Å². The zero-order valence-corrected chi connectivity index (χ0v) is 42.9. The molecule has 8 heterocycles.